The number of hydrogen-bond donors (Lipinski definition) is 0. The van der Waals surface area contributed by atoms with E-state index in [1.807, 2.05) is 85.8 Å². The normalized spacial score (nSPS) is 21.4. The van der Waals surface area contributed by atoms with Crippen LogP contribution in [0.2, 0.25) is 0 Å². The summed E-state index contributed by atoms with van der Waals surface area (Å²) in [6, 6.07) is 40.6. The molecule has 0 spiro atoms. The molecular weight excluding hydrogens is 512 g/mol. The van der Waals surface area contributed by atoms with Gasteiger partial charge in [-0.05, 0) is 35.3 Å². The van der Waals surface area contributed by atoms with E-state index in [1.54, 1.807) is 0 Å². The van der Waals surface area contributed by atoms with Crippen LogP contribution in [0.15, 0.2) is 133 Å². The Kier molecular flexibility index (Phi) is 10.7. The summed E-state index contributed by atoms with van der Waals surface area (Å²) in [5.41, 5.74) is 4.36. The molecule has 5 nitrogen and oxygen atoms in total. The molecule has 0 N–H and O–H groups in total. The van der Waals surface area contributed by atoms with Crippen LogP contribution in [0.25, 0.3) is 0 Å². The van der Waals surface area contributed by atoms with Gasteiger partial charge < -0.3 is 23.7 Å². The monoisotopic (exact) mass is 550 g/mol. The number of benzene rings is 4. The van der Waals surface area contributed by atoms with Gasteiger partial charge in [0.2, 0.25) is 0 Å². The fraction of sp³-hybridized carbons (Fsp3) is 0.278. The predicted molar refractivity (Wildman–Crippen MR) is 160 cm³/mol. The van der Waals surface area contributed by atoms with Crippen molar-refractivity contribution in [3.63, 3.8) is 0 Å². The predicted octanol–water partition coefficient (Wildman–Crippen LogP) is 7.26. The summed E-state index contributed by atoms with van der Waals surface area (Å²) >= 11 is 0. The van der Waals surface area contributed by atoms with Crippen LogP contribution in [-0.4, -0.2) is 31.0 Å². The summed E-state index contributed by atoms with van der Waals surface area (Å²) in [6.07, 6.45) is 0.277. The third-order valence-corrected chi connectivity index (χ3v) is 7.08. The van der Waals surface area contributed by atoms with Crippen LogP contribution in [0.1, 0.15) is 29.2 Å². The minimum atomic E-state index is -0.449. The van der Waals surface area contributed by atoms with Crippen molar-refractivity contribution in [3.05, 3.63) is 155 Å². The molecule has 3 unspecified atom stereocenters. The summed E-state index contributed by atoms with van der Waals surface area (Å²) in [6.45, 7) is 4.08. The van der Waals surface area contributed by atoms with Crippen molar-refractivity contribution in [1.29, 1.82) is 0 Å². The molecule has 0 amide bonds. The molecule has 1 saturated heterocycles. The zero-order valence-corrected chi connectivity index (χ0v) is 23.5. The van der Waals surface area contributed by atoms with E-state index in [2.05, 4.69) is 48.5 Å². The van der Waals surface area contributed by atoms with E-state index >= 15 is 0 Å². The highest BCUT2D eigenvalue weighted by molar-refractivity contribution is 5.18. The first-order valence-electron chi connectivity index (χ1n) is 14.2. The van der Waals surface area contributed by atoms with Crippen molar-refractivity contribution in [2.24, 2.45) is 0 Å². The molecule has 4 aromatic carbocycles. The zero-order chi connectivity index (χ0) is 28.1. The molecule has 0 aliphatic carbocycles. The van der Waals surface area contributed by atoms with Gasteiger partial charge in [-0.1, -0.05) is 121 Å². The van der Waals surface area contributed by atoms with E-state index in [0.29, 0.717) is 33.0 Å². The van der Waals surface area contributed by atoms with Gasteiger partial charge in [0.15, 0.2) is 6.10 Å². The second-order valence-electron chi connectivity index (χ2n) is 10.1. The molecule has 0 radical (unpaired) electrons. The summed E-state index contributed by atoms with van der Waals surface area (Å²) in [4.78, 5) is 0. The summed E-state index contributed by atoms with van der Waals surface area (Å²) in [5.74, 6) is 0.729. The Morgan fingerprint density at radius 2 is 0.951 bits per heavy atom. The quantitative estimate of drug-likeness (QED) is 0.175. The van der Waals surface area contributed by atoms with E-state index in [0.717, 1.165) is 28.0 Å². The standard InChI is InChI=1S/C36H38O5/c1-2-32-34(38-24-29-17-9-4-10-18-29)36(40-26-31-21-13-6-14-22-31)35(39-25-30-19-11-5-12-20-30)33(41-32)27-37-23-28-15-7-3-8-16-28/h2-22,33-36H,23-27H2,1H3/b32-2+/t33?,34-,35?,36?/m1/s1. The van der Waals surface area contributed by atoms with E-state index < -0.39 is 18.3 Å². The van der Waals surface area contributed by atoms with Crippen molar-refractivity contribution in [2.45, 2.75) is 57.8 Å². The zero-order valence-electron chi connectivity index (χ0n) is 23.5. The van der Waals surface area contributed by atoms with Gasteiger partial charge in [-0.25, -0.2) is 0 Å². The molecule has 0 saturated carbocycles. The Morgan fingerprint density at radius 3 is 1.41 bits per heavy atom. The van der Waals surface area contributed by atoms with Gasteiger partial charge in [-0.2, -0.15) is 0 Å². The smallest absolute Gasteiger partial charge is 0.150 e. The lowest BCUT2D eigenvalue weighted by Crippen LogP contribution is -2.56. The van der Waals surface area contributed by atoms with E-state index in [4.69, 9.17) is 23.7 Å². The van der Waals surface area contributed by atoms with Crippen LogP contribution in [-0.2, 0) is 50.1 Å². The van der Waals surface area contributed by atoms with Crippen molar-refractivity contribution in [1.82, 2.24) is 0 Å². The largest absolute Gasteiger partial charge is 0.487 e. The van der Waals surface area contributed by atoms with Crippen molar-refractivity contribution < 1.29 is 23.7 Å². The highest BCUT2D eigenvalue weighted by Crippen LogP contribution is 2.33. The minimum Gasteiger partial charge on any atom is -0.487 e. The molecule has 5 rings (SSSR count). The van der Waals surface area contributed by atoms with Gasteiger partial charge in [0, 0.05) is 0 Å². The molecule has 0 aromatic heterocycles. The van der Waals surface area contributed by atoms with E-state index in [-0.39, 0.29) is 6.10 Å². The molecule has 1 fully saturated rings. The van der Waals surface area contributed by atoms with Crippen LogP contribution < -0.4 is 0 Å². The second kappa shape index (κ2) is 15.3. The third kappa shape index (κ3) is 8.38. The average molecular weight is 551 g/mol. The van der Waals surface area contributed by atoms with Gasteiger partial charge in [-0.3, -0.25) is 0 Å². The minimum absolute atomic E-state index is 0.349. The Morgan fingerprint density at radius 1 is 0.537 bits per heavy atom. The third-order valence-electron chi connectivity index (χ3n) is 7.08. The van der Waals surface area contributed by atoms with Crippen LogP contribution in [0.4, 0.5) is 0 Å². The molecule has 5 heteroatoms. The highest BCUT2D eigenvalue weighted by Gasteiger charge is 2.46. The first-order chi connectivity index (χ1) is 20.3. The van der Waals surface area contributed by atoms with Gasteiger partial charge in [0.1, 0.15) is 24.1 Å². The Labute approximate surface area is 243 Å². The molecule has 4 aromatic rings. The Bertz CT molecular complexity index is 1310. The van der Waals surface area contributed by atoms with Gasteiger partial charge in [-0.15, -0.1) is 0 Å². The van der Waals surface area contributed by atoms with Crippen LogP contribution in [0, 0.1) is 0 Å². The number of allylic oxidation sites excluding steroid dienone is 1. The maximum absolute atomic E-state index is 6.67. The number of ether oxygens (including phenoxy) is 5. The van der Waals surface area contributed by atoms with Gasteiger partial charge in [0.05, 0.1) is 33.0 Å². The average Bonchev–Trinajstić information content (AvgIpc) is 3.04. The molecule has 1 aliphatic rings. The van der Waals surface area contributed by atoms with Crippen molar-refractivity contribution in [3.8, 4) is 0 Å². The highest BCUT2D eigenvalue weighted by atomic mass is 16.6. The Hall–Kier alpha value is -3.74. The SMILES string of the molecule is C/C=C1/OC(COCc2ccccc2)C(OCc2ccccc2)C(OCc2ccccc2)[C@@H]1OCc1ccccc1. The van der Waals surface area contributed by atoms with Crippen molar-refractivity contribution in [2.75, 3.05) is 6.61 Å². The lowest BCUT2D eigenvalue weighted by molar-refractivity contribution is -0.223. The summed E-state index contributed by atoms with van der Waals surface area (Å²) in [5, 5.41) is 0. The second-order valence-corrected chi connectivity index (χ2v) is 10.1. The Balaban J connectivity index is 1.39. The van der Waals surface area contributed by atoms with Crippen LogP contribution in [0.5, 0.6) is 0 Å². The molecule has 41 heavy (non-hydrogen) atoms. The first-order valence-corrected chi connectivity index (χ1v) is 14.2. The maximum atomic E-state index is 6.67. The van der Waals surface area contributed by atoms with Crippen LogP contribution in [0.3, 0.4) is 0 Å². The summed E-state index contributed by atoms with van der Waals surface area (Å²) < 4.78 is 32.6. The molecule has 212 valence electrons. The topological polar surface area (TPSA) is 46.2 Å². The number of hydrogen-bond acceptors (Lipinski definition) is 5. The summed E-state index contributed by atoms with van der Waals surface area (Å²) in [7, 11) is 0. The van der Waals surface area contributed by atoms with Crippen molar-refractivity contribution >= 4 is 0 Å². The maximum Gasteiger partial charge on any atom is 0.150 e. The molecular formula is C36H38O5. The first kappa shape index (κ1) is 28.8. The van der Waals surface area contributed by atoms with Gasteiger partial charge in [0.25, 0.3) is 0 Å². The fourth-order valence-corrected chi connectivity index (χ4v) is 4.94. The van der Waals surface area contributed by atoms with E-state index in [1.165, 1.54) is 0 Å². The molecule has 1 aliphatic heterocycles. The fourth-order valence-electron chi connectivity index (χ4n) is 4.94. The van der Waals surface area contributed by atoms with E-state index in [9.17, 15) is 0 Å². The van der Waals surface area contributed by atoms with Gasteiger partial charge >= 0.3 is 0 Å². The lowest BCUT2D eigenvalue weighted by Gasteiger charge is -2.43. The van der Waals surface area contributed by atoms with Crippen LogP contribution >= 0.6 is 0 Å². The number of rotatable bonds is 13. The molecule has 1 heterocycles. The lowest BCUT2D eigenvalue weighted by atomic mass is 9.96. The molecule has 0 bridgehead atoms. The molecule has 4 atom stereocenters.